The van der Waals surface area contributed by atoms with Gasteiger partial charge < -0.3 is 10.2 Å². The summed E-state index contributed by atoms with van der Waals surface area (Å²) in [5, 5.41) is 3.08. The Hall–Kier alpha value is -2.43. The lowest BCUT2D eigenvalue weighted by molar-refractivity contribution is 0.0932. The normalized spacial score (nSPS) is 14.7. The second kappa shape index (κ2) is 6.77. The van der Waals surface area contributed by atoms with Crippen molar-refractivity contribution in [1.82, 2.24) is 15.3 Å². The molecule has 1 aliphatic carbocycles. The largest absolute Gasteiger partial charge is 0.348 e. The average Bonchev–Trinajstić information content (AvgIpc) is 3.07. The van der Waals surface area contributed by atoms with Crippen LogP contribution in [0.25, 0.3) is 0 Å². The van der Waals surface area contributed by atoms with E-state index in [2.05, 4.69) is 15.3 Å². The Balaban J connectivity index is 1.82. The van der Waals surface area contributed by atoms with Crippen LogP contribution in [-0.4, -0.2) is 29.0 Å². The van der Waals surface area contributed by atoms with Gasteiger partial charge in [0.05, 0.1) is 0 Å². The Kier molecular flexibility index (Phi) is 4.55. The molecule has 3 rings (SSSR count). The Labute approximate surface area is 136 Å². The highest BCUT2D eigenvalue weighted by Crippen LogP contribution is 2.22. The maximum absolute atomic E-state index is 12.4. The molecule has 2 aromatic rings. The van der Waals surface area contributed by atoms with Crippen molar-refractivity contribution in [2.75, 3.05) is 11.9 Å². The third-order valence-corrected chi connectivity index (χ3v) is 4.23. The van der Waals surface area contributed by atoms with Crippen LogP contribution >= 0.6 is 0 Å². The van der Waals surface area contributed by atoms with Crippen LogP contribution in [-0.2, 0) is 0 Å². The minimum absolute atomic E-state index is 0.106. The first-order valence-electron chi connectivity index (χ1n) is 8.09. The van der Waals surface area contributed by atoms with E-state index in [1.165, 1.54) is 12.8 Å². The molecule has 1 N–H and O–H groups in total. The smallest absolute Gasteiger partial charge is 0.270 e. The summed E-state index contributed by atoms with van der Waals surface area (Å²) in [6, 6.07) is 12.0. The van der Waals surface area contributed by atoms with Crippen molar-refractivity contribution in [2.45, 2.75) is 38.6 Å². The van der Waals surface area contributed by atoms with E-state index >= 15 is 0 Å². The second-order valence-electron chi connectivity index (χ2n) is 6.01. The number of nitrogens with one attached hydrogen (secondary N) is 1. The van der Waals surface area contributed by atoms with Gasteiger partial charge in [-0.25, -0.2) is 9.97 Å². The summed E-state index contributed by atoms with van der Waals surface area (Å²) >= 11 is 0. The first kappa shape index (κ1) is 15.5. The van der Waals surface area contributed by atoms with E-state index in [-0.39, 0.29) is 11.9 Å². The first-order valence-corrected chi connectivity index (χ1v) is 8.09. The molecule has 0 atom stereocenters. The van der Waals surface area contributed by atoms with Crippen LogP contribution in [0.5, 0.6) is 0 Å². The number of nitrogens with zero attached hydrogens (tertiary/aromatic N) is 3. The lowest BCUT2D eigenvalue weighted by atomic mass is 10.2. The minimum Gasteiger partial charge on any atom is -0.348 e. The SMILES string of the molecule is Cc1nc(C(=O)NC2CCCC2)cc(N(C)c2ccccc2)n1. The molecule has 1 saturated carbocycles. The number of anilines is 2. The fourth-order valence-corrected chi connectivity index (χ4v) is 2.95. The van der Waals surface area contributed by atoms with Crippen LogP contribution in [0.4, 0.5) is 11.5 Å². The fraction of sp³-hybridized carbons (Fsp3) is 0.389. The quantitative estimate of drug-likeness (QED) is 0.942. The first-order chi connectivity index (χ1) is 11.1. The summed E-state index contributed by atoms with van der Waals surface area (Å²) in [5.41, 5.74) is 1.45. The molecular formula is C18H22N4O. The van der Waals surface area contributed by atoms with Gasteiger partial charge >= 0.3 is 0 Å². The topological polar surface area (TPSA) is 58.1 Å². The number of aryl methyl sites for hydroxylation is 1. The summed E-state index contributed by atoms with van der Waals surface area (Å²) in [5.74, 6) is 1.22. The van der Waals surface area contributed by atoms with E-state index in [1.807, 2.05) is 49.2 Å². The van der Waals surface area contributed by atoms with E-state index < -0.39 is 0 Å². The van der Waals surface area contributed by atoms with Crippen LogP contribution in [0.2, 0.25) is 0 Å². The summed E-state index contributed by atoms with van der Waals surface area (Å²) in [6.45, 7) is 1.81. The van der Waals surface area contributed by atoms with Gasteiger partial charge in [0, 0.05) is 24.8 Å². The number of carbonyl (C=O) groups is 1. The minimum atomic E-state index is -0.106. The third kappa shape index (κ3) is 3.67. The number of hydrogen-bond acceptors (Lipinski definition) is 4. The van der Waals surface area contributed by atoms with Crippen molar-refractivity contribution in [3.63, 3.8) is 0 Å². The van der Waals surface area contributed by atoms with Crippen molar-refractivity contribution in [1.29, 1.82) is 0 Å². The van der Waals surface area contributed by atoms with Crippen molar-refractivity contribution < 1.29 is 4.79 Å². The molecular weight excluding hydrogens is 288 g/mol. The van der Waals surface area contributed by atoms with E-state index in [0.29, 0.717) is 11.5 Å². The van der Waals surface area contributed by atoms with Gasteiger partial charge in [-0.3, -0.25) is 4.79 Å². The number of benzene rings is 1. The number of amides is 1. The fourth-order valence-electron chi connectivity index (χ4n) is 2.95. The predicted molar refractivity (Wildman–Crippen MR) is 91.0 cm³/mol. The number of rotatable bonds is 4. The number of para-hydroxylation sites is 1. The van der Waals surface area contributed by atoms with E-state index in [9.17, 15) is 4.79 Å². The monoisotopic (exact) mass is 310 g/mol. The molecule has 0 unspecified atom stereocenters. The maximum atomic E-state index is 12.4. The molecule has 0 saturated heterocycles. The Bertz CT molecular complexity index is 681. The van der Waals surface area contributed by atoms with E-state index in [1.54, 1.807) is 6.07 Å². The molecule has 5 nitrogen and oxygen atoms in total. The van der Waals surface area contributed by atoms with Crippen molar-refractivity contribution in [2.24, 2.45) is 0 Å². The zero-order valence-corrected chi connectivity index (χ0v) is 13.6. The lowest BCUT2D eigenvalue weighted by Gasteiger charge is -2.19. The van der Waals surface area contributed by atoms with Gasteiger partial charge in [-0.1, -0.05) is 31.0 Å². The van der Waals surface area contributed by atoms with Gasteiger partial charge in [-0.2, -0.15) is 0 Å². The zero-order valence-electron chi connectivity index (χ0n) is 13.6. The number of carbonyl (C=O) groups excluding carboxylic acids is 1. The van der Waals surface area contributed by atoms with Crippen LogP contribution in [0, 0.1) is 6.92 Å². The maximum Gasteiger partial charge on any atom is 0.270 e. The Morgan fingerprint density at radius 2 is 1.87 bits per heavy atom. The summed E-state index contributed by atoms with van der Waals surface area (Å²) in [4.78, 5) is 23.2. The molecule has 23 heavy (non-hydrogen) atoms. The lowest BCUT2D eigenvalue weighted by Crippen LogP contribution is -2.33. The van der Waals surface area contributed by atoms with Crippen LogP contribution in [0.15, 0.2) is 36.4 Å². The average molecular weight is 310 g/mol. The van der Waals surface area contributed by atoms with Crippen molar-refractivity contribution in [3.8, 4) is 0 Å². The molecule has 5 heteroatoms. The molecule has 0 spiro atoms. The highest BCUT2D eigenvalue weighted by atomic mass is 16.1. The molecule has 1 amide bonds. The van der Waals surface area contributed by atoms with Crippen LogP contribution < -0.4 is 10.2 Å². The van der Waals surface area contributed by atoms with Gasteiger partial charge in [0.2, 0.25) is 0 Å². The molecule has 120 valence electrons. The third-order valence-electron chi connectivity index (χ3n) is 4.23. The Morgan fingerprint density at radius 1 is 1.17 bits per heavy atom. The van der Waals surface area contributed by atoms with E-state index in [4.69, 9.17) is 0 Å². The van der Waals surface area contributed by atoms with Crippen molar-refractivity contribution in [3.05, 3.63) is 47.9 Å². The van der Waals surface area contributed by atoms with Gasteiger partial charge in [0.1, 0.15) is 17.3 Å². The van der Waals surface area contributed by atoms with Crippen LogP contribution in [0.1, 0.15) is 42.0 Å². The second-order valence-corrected chi connectivity index (χ2v) is 6.01. The molecule has 0 bridgehead atoms. The van der Waals surface area contributed by atoms with Gasteiger partial charge in [0.25, 0.3) is 5.91 Å². The van der Waals surface area contributed by atoms with Gasteiger partial charge in [-0.05, 0) is 31.9 Å². The molecule has 1 fully saturated rings. The zero-order chi connectivity index (χ0) is 16.2. The Morgan fingerprint density at radius 3 is 2.57 bits per heavy atom. The summed E-state index contributed by atoms with van der Waals surface area (Å²) < 4.78 is 0. The van der Waals surface area contributed by atoms with Gasteiger partial charge in [-0.15, -0.1) is 0 Å². The molecule has 1 heterocycles. The molecule has 1 aromatic heterocycles. The molecule has 1 aliphatic rings. The van der Waals surface area contributed by atoms with Crippen molar-refractivity contribution >= 4 is 17.4 Å². The summed E-state index contributed by atoms with van der Waals surface area (Å²) in [7, 11) is 1.94. The highest BCUT2D eigenvalue weighted by Gasteiger charge is 2.20. The number of aromatic nitrogens is 2. The van der Waals surface area contributed by atoms with Gasteiger partial charge in [0.15, 0.2) is 0 Å². The van der Waals surface area contributed by atoms with Crippen LogP contribution in [0.3, 0.4) is 0 Å². The predicted octanol–water partition coefficient (Wildman–Crippen LogP) is 3.23. The standard InChI is InChI=1S/C18H22N4O/c1-13-19-16(18(23)21-14-8-6-7-9-14)12-17(20-13)22(2)15-10-4-3-5-11-15/h3-5,10-12,14H,6-9H2,1-2H3,(H,21,23). The number of hydrogen-bond donors (Lipinski definition) is 1. The molecule has 0 radical (unpaired) electrons. The van der Waals surface area contributed by atoms with E-state index in [0.717, 1.165) is 24.3 Å². The molecule has 1 aromatic carbocycles. The summed E-state index contributed by atoms with van der Waals surface area (Å²) in [6.07, 6.45) is 4.50. The highest BCUT2D eigenvalue weighted by molar-refractivity contribution is 5.93. The molecule has 0 aliphatic heterocycles.